The summed E-state index contributed by atoms with van der Waals surface area (Å²) in [6, 6.07) is 13.3. The lowest BCUT2D eigenvalue weighted by Crippen LogP contribution is -2.22. The molecule has 6 nitrogen and oxygen atoms in total. The van der Waals surface area contributed by atoms with Gasteiger partial charge in [-0.3, -0.25) is 9.59 Å². The molecule has 1 aliphatic heterocycles. The Morgan fingerprint density at radius 2 is 1.94 bits per heavy atom. The van der Waals surface area contributed by atoms with Crippen molar-refractivity contribution in [2.24, 2.45) is 5.92 Å². The maximum absolute atomic E-state index is 12.8. The van der Waals surface area contributed by atoms with Gasteiger partial charge in [0.1, 0.15) is 18.5 Å². The second-order valence-corrected chi connectivity index (χ2v) is 8.17. The molecule has 1 aliphatic carbocycles. The van der Waals surface area contributed by atoms with Crippen molar-refractivity contribution in [2.75, 3.05) is 25.6 Å². The number of ketones is 1. The lowest BCUT2D eigenvalue weighted by atomic mass is 9.95. The normalized spacial score (nSPS) is 16.0. The minimum absolute atomic E-state index is 0.104. The summed E-state index contributed by atoms with van der Waals surface area (Å²) in [5.74, 6) is 1.16. The molecule has 2 aromatic rings. The summed E-state index contributed by atoms with van der Waals surface area (Å²) < 4.78 is 11.2. The molecule has 0 bridgehead atoms. The first-order valence-corrected chi connectivity index (χ1v) is 10.7. The van der Waals surface area contributed by atoms with Gasteiger partial charge in [-0.1, -0.05) is 24.3 Å². The van der Waals surface area contributed by atoms with E-state index in [0.717, 1.165) is 24.7 Å². The summed E-state index contributed by atoms with van der Waals surface area (Å²) in [7, 11) is 1.50. The number of hydrogen-bond donors (Lipinski definition) is 2. The summed E-state index contributed by atoms with van der Waals surface area (Å²) in [5, 5.41) is 6.40. The van der Waals surface area contributed by atoms with Crippen LogP contribution in [0.1, 0.15) is 42.6 Å². The highest BCUT2D eigenvalue weighted by molar-refractivity contribution is 6.07. The van der Waals surface area contributed by atoms with Gasteiger partial charge in [-0.05, 0) is 67.6 Å². The summed E-state index contributed by atoms with van der Waals surface area (Å²) in [5.41, 5.74) is 3.81. The van der Waals surface area contributed by atoms with E-state index in [1.165, 1.54) is 32.4 Å². The Bertz CT molecular complexity index is 993. The van der Waals surface area contributed by atoms with Gasteiger partial charge in [0.05, 0.1) is 5.57 Å². The first kappa shape index (κ1) is 21.3. The van der Waals surface area contributed by atoms with Crippen molar-refractivity contribution in [1.82, 2.24) is 5.32 Å². The number of nitrogens with one attached hydrogen (secondary N) is 2. The molecule has 2 aliphatic rings. The fourth-order valence-electron chi connectivity index (χ4n) is 3.74. The van der Waals surface area contributed by atoms with Crippen molar-refractivity contribution in [3.05, 3.63) is 64.7 Å². The highest BCUT2D eigenvalue weighted by atomic mass is 16.5. The number of hydrogen-bond acceptors (Lipinski definition) is 5. The molecule has 162 valence electrons. The first-order valence-electron chi connectivity index (χ1n) is 10.7. The molecule has 2 aromatic carbocycles. The Labute approximate surface area is 182 Å². The average Bonchev–Trinajstić information content (AvgIpc) is 3.59. The average molecular weight is 421 g/mol. The van der Waals surface area contributed by atoms with Crippen LogP contribution in [0.4, 0.5) is 5.69 Å². The Morgan fingerprint density at radius 1 is 1.16 bits per heavy atom. The van der Waals surface area contributed by atoms with Crippen molar-refractivity contribution in [3.8, 4) is 5.75 Å². The predicted octanol–water partition coefficient (Wildman–Crippen LogP) is 3.88. The predicted molar refractivity (Wildman–Crippen MR) is 120 cm³/mol. The van der Waals surface area contributed by atoms with Crippen LogP contribution in [0.5, 0.6) is 5.75 Å². The van der Waals surface area contributed by atoms with Crippen LogP contribution in [0.25, 0.3) is 6.08 Å². The molecule has 31 heavy (non-hydrogen) atoms. The van der Waals surface area contributed by atoms with E-state index >= 15 is 0 Å². The molecule has 0 spiro atoms. The van der Waals surface area contributed by atoms with E-state index in [-0.39, 0.29) is 18.3 Å². The highest BCUT2D eigenvalue weighted by Gasteiger charge is 2.25. The molecule has 1 amide bonds. The molecule has 1 atom stereocenters. The number of ether oxygens (including phenoxy) is 2. The molecule has 0 aromatic heterocycles. The van der Waals surface area contributed by atoms with E-state index in [0.29, 0.717) is 22.4 Å². The molecule has 1 unspecified atom stereocenters. The van der Waals surface area contributed by atoms with Crippen LogP contribution in [-0.2, 0) is 20.9 Å². The topological polar surface area (TPSA) is 76.7 Å². The number of amides is 1. The number of fused-ring (bicyclic) bond motifs is 1. The summed E-state index contributed by atoms with van der Waals surface area (Å²) in [6.45, 7) is 3.56. The van der Waals surface area contributed by atoms with E-state index in [1.54, 1.807) is 6.08 Å². The third kappa shape index (κ3) is 5.21. The summed E-state index contributed by atoms with van der Waals surface area (Å²) >= 11 is 0. The fourth-order valence-corrected chi connectivity index (χ4v) is 3.74. The molecule has 4 rings (SSSR count). The van der Waals surface area contributed by atoms with Gasteiger partial charge < -0.3 is 20.1 Å². The molecular weight excluding hydrogens is 392 g/mol. The zero-order valence-corrected chi connectivity index (χ0v) is 17.9. The van der Waals surface area contributed by atoms with E-state index in [9.17, 15) is 9.59 Å². The summed E-state index contributed by atoms with van der Waals surface area (Å²) in [6.07, 6.45) is 3.77. The second-order valence-electron chi connectivity index (χ2n) is 8.17. The number of benzene rings is 2. The molecule has 1 saturated carbocycles. The van der Waals surface area contributed by atoms with Crippen LogP contribution in [0.3, 0.4) is 0 Å². The Kier molecular flexibility index (Phi) is 6.49. The van der Waals surface area contributed by atoms with Crippen LogP contribution in [-0.4, -0.2) is 32.0 Å². The van der Waals surface area contributed by atoms with Gasteiger partial charge in [0, 0.05) is 24.9 Å². The molecule has 1 heterocycles. The lowest BCUT2D eigenvalue weighted by Gasteiger charge is -2.22. The Hall–Kier alpha value is -2.96. The molecule has 6 heteroatoms. The van der Waals surface area contributed by atoms with Crippen LogP contribution in [0.15, 0.2) is 48.0 Å². The molecule has 2 N–H and O–H groups in total. The molecular formula is C25H28N2O4. The van der Waals surface area contributed by atoms with Crippen LogP contribution in [0, 0.1) is 5.92 Å². The van der Waals surface area contributed by atoms with Crippen LogP contribution < -0.4 is 15.4 Å². The third-order valence-electron chi connectivity index (χ3n) is 5.65. The van der Waals surface area contributed by atoms with Gasteiger partial charge in [0.2, 0.25) is 0 Å². The molecule has 0 saturated heterocycles. The fraction of sp³-hybridized carbons (Fsp3) is 0.360. The Morgan fingerprint density at radius 3 is 2.61 bits per heavy atom. The van der Waals surface area contributed by atoms with E-state index in [2.05, 4.69) is 10.6 Å². The monoisotopic (exact) mass is 420 g/mol. The maximum Gasteiger partial charge on any atom is 0.255 e. The van der Waals surface area contributed by atoms with Crippen molar-refractivity contribution in [3.63, 3.8) is 0 Å². The minimum Gasteiger partial charge on any atom is -0.488 e. The van der Waals surface area contributed by atoms with Gasteiger partial charge >= 0.3 is 0 Å². The van der Waals surface area contributed by atoms with Gasteiger partial charge in [0.15, 0.2) is 5.78 Å². The second kappa shape index (κ2) is 9.45. The lowest BCUT2D eigenvalue weighted by molar-refractivity contribution is -0.126. The third-order valence-corrected chi connectivity index (χ3v) is 5.65. The van der Waals surface area contributed by atoms with Gasteiger partial charge in [-0.25, -0.2) is 0 Å². The number of carbonyl (C=O) groups excluding carboxylic acids is 2. The Balaban J connectivity index is 1.45. The zero-order chi connectivity index (χ0) is 21.8. The summed E-state index contributed by atoms with van der Waals surface area (Å²) in [4.78, 5) is 24.8. The largest absolute Gasteiger partial charge is 0.488 e. The van der Waals surface area contributed by atoms with Crippen molar-refractivity contribution in [1.29, 1.82) is 0 Å². The van der Waals surface area contributed by atoms with E-state index < -0.39 is 6.10 Å². The highest BCUT2D eigenvalue weighted by Crippen LogP contribution is 2.34. The number of Topliss-reactive ketones (excluding diaryl/α,β-unsaturated/α-hetero) is 1. The van der Waals surface area contributed by atoms with Crippen molar-refractivity contribution < 1.29 is 19.1 Å². The van der Waals surface area contributed by atoms with Crippen molar-refractivity contribution in [2.45, 2.75) is 32.4 Å². The number of methoxy groups -OCH3 is 1. The van der Waals surface area contributed by atoms with Gasteiger partial charge in [-0.2, -0.15) is 0 Å². The standard InChI is InChI=1S/C25H28N2O4/c1-16(28)24(30-2)21-4-3-5-23-22(21)12-19(15-31-23)25(29)27-20-10-8-18(9-11-20)14-26-13-17-6-7-17/h3-5,8-12,17,24,26H,6-7,13-15H2,1-2H3,(H,27,29). The molecule has 1 fully saturated rings. The van der Waals surface area contributed by atoms with Gasteiger partial charge in [0.25, 0.3) is 5.91 Å². The van der Waals surface area contributed by atoms with Crippen LogP contribution in [0.2, 0.25) is 0 Å². The van der Waals surface area contributed by atoms with E-state index in [1.807, 2.05) is 42.5 Å². The first-order chi connectivity index (χ1) is 15.0. The van der Waals surface area contributed by atoms with E-state index in [4.69, 9.17) is 9.47 Å². The van der Waals surface area contributed by atoms with Crippen molar-refractivity contribution >= 4 is 23.5 Å². The minimum atomic E-state index is -0.696. The number of carbonyl (C=O) groups is 2. The SMILES string of the molecule is COC(C(C)=O)c1cccc2c1C=C(C(=O)Nc1ccc(CNCC3CC3)cc1)CO2. The van der Waals surface area contributed by atoms with Crippen LogP contribution >= 0.6 is 0 Å². The quantitative estimate of drug-likeness (QED) is 0.644. The van der Waals surface area contributed by atoms with Gasteiger partial charge in [-0.15, -0.1) is 0 Å². The zero-order valence-electron chi connectivity index (χ0n) is 17.9. The molecule has 0 radical (unpaired) electrons. The number of anilines is 1. The smallest absolute Gasteiger partial charge is 0.255 e. The number of rotatable bonds is 9. The maximum atomic E-state index is 12.8.